The molecular formula is C26H50O3. The van der Waals surface area contributed by atoms with E-state index < -0.39 is 12.1 Å². The number of rotatable bonds is 23. The van der Waals surface area contributed by atoms with E-state index in [0.29, 0.717) is 6.42 Å². The standard InChI is InChI=1S/C26H50O3/c1-2-3-4-5-6-7-8-9-10-11-12-13-14-15-16-17-18-19-20-21-22-23-24-25(27)26(28)29/h9-10,25,27H,2-8,11-24H2,1H3,(H,28,29)/b10-9-. The Kier molecular flexibility index (Phi) is 22.8. The number of aliphatic carboxylic acids is 1. The first-order chi connectivity index (χ1) is 14.2. The van der Waals surface area contributed by atoms with Crippen molar-refractivity contribution in [1.82, 2.24) is 0 Å². The number of aliphatic hydroxyl groups excluding tert-OH is 1. The second kappa shape index (κ2) is 23.4. The molecule has 0 rings (SSSR count). The Morgan fingerprint density at radius 2 is 0.966 bits per heavy atom. The van der Waals surface area contributed by atoms with Crippen LogP contribution in [0.1, 0.15) is 142 Å². The Bertz CT molecular complexity index is 365. The number of carboxylic acid groups (broad SMARTS) is 1. The molecular weight excluding hydrogens is 360 g/mol. The fraction of sp³-hybridized carbons (Fsp3) is 0.885. The molecule has 0 saturated carbocycles. The zero-order valence-corrected chi connectivity index (χ0v) is 19.4. The van der Waals surface area contributed by atoms with Gasteiger partial charge in [0.2, 0.25) is 0 Å². The van der Waals surface area contributed by atoms with Gasteiger partial charge in [0.25, 0.3) is 0 Å². The van der Waals surface area contributed by atoms with Crippen molar-refractivity contribution in [2.75, 3.05) is 0 Å². The lowest BCUT2D eigenvalue weighted by Gasteiger charge is -2.05. The number of unbranched alkanes of at least 4 members (excludes halogenated alkanes) is 18. The third kappa shape index (κ3) is 23.3. The first kappa shape index (κ1) is 28.2. The van der Waals surface area contributed by atoms with Crippen LogP contribution in [0.25, 0.3) is 0 Å². The average Bonchev–Trinajstić information content (AvgIpc) is 2.71. The highest BCUT2D eigenvalue weighted by atomic mass is 16.4. The van der Waals surface area contributed by atoms with Crippen molar-refractivity contribution in [2.45, 2.75) is 148 Å². The number of aliphatic hydroxyl groups is 1. The van der Waals surface area contributed by atoms with Gasteiger partial charge in [-0.25, -0.2) is 4.79 Å². The summed E-state index contributed by atoms with van der Waals surface area (Å²) in [5.74, 6) is -1.09. The van der Waals surface area contributed by atoms with Crippen molar-refractivity contribution in [3.05, 3.63) is 12.2 Å². The number of allylic oxidation sites excluding steroid dienone is 2. The Balaban J connectivity index is 3.11. The molecule has 0 aliphatic carbocycles. The number of hydrogen-bond donors (Lipinski definition) is 2. The first-order valence-corrected chi connectivity index (χ1v) is 12.7. The maximum Gasteiger partial charge on any atom is 0.332 e. The lowest BCUT2D eigenvalue weighted by Crippen LogP contribution is -2.18. The summed E-state index contributed by atoms with van der Waals surface area (Å²) in [6.07, 6.45) is 30.0. The second-order valence-electron chi connectivity index (χ2n) is 8.70. The van der Waals surface area contributed by atoms with E-state index in [-0.39, 0.29) is 0 Å². The molecule has 0 aromatic carbocycles. The van der Waals surface area contributed by atoms with Gasteiger partial charge in [-0.05, 0) is 32.1 Å². The fourth-order valence-electron chi connectivity index (χ4n) is 3.77. The number of hydrogen-bond acceptors (Lipinski definition) is 2. The molecule has 172 valence electrons. The third-order valence-electron chi connectivity index (χ3n) is 5.77. The minimum Gasteiger partial charge on any atom is -0.479 e. The van der Waals surface area contributed by atoms with E-state index in [4.69, 9.17) is 5.11 Å². The normalized spacial score (nSPS) is 12.6. The molecule has 0 radical (unpaired) electrons. The van der Waals surface area contributed by atoms with Gasteiger partial charge in [-0.2, -0.15) is 0 Å². The predicted molar refractivity (Wildman–Crippen MR) is 125 cm³/mol. The molecule has 29 heavy (non-hydrogen) atoms. The maximum atomic E-state index is 10.5. The van der Waals surface area contributed by atoms with Gasteiger partial charge in [0.05, 0.1) is 0 Å². The van der Waals surface area contributed by atoms with Gasteiger partial charge in [-0.3, -0.25) is 0 Å². The topological polar surface area (TPSA) is 57.5 Å². The number of carboxylic acids is 1. The molecule has 0 saturated heterocycles. The Morgan fingerprint density at radius 3 is 1.34 bits per heavy atom. The highest BCUT2D eigenvalue weighted by Gasteiger charge is 2.11. The summed E-state index contributed by atoms with van der Waals surface area (Å²) in [5.41, 5.74) is 0. The van der Waals surface area contributed by atoms with Gasteiger partial charge < -0.3 is 10.2 Å². The van der Waals surface area contributed by atoms with Crippen molar-refractivity contribution in [3.8, 4) is 0 Å². The van der Waals surface area contributed by atoms with Crippen molar-refractivity contribution < 1.29 is 15.0 Å². The molecule has 3 heteroatoms. The lowest BCUT2D eigenvalue weighted by molar-refractivity contribution is -0.146. The van der Waals surface area contributed by atoms with Crippen LogP contribution >= 0.6 is 0 Å². The zero-order chi connectivity index (χ0) is 21.4. The molecule has 0 heterocycles. The molecule has 1 atom stereocenters. The van der Waals surface area contributed by atoms with Gasteiger partial charge in [0.15, 0.2) is 6.10 Å². The molecule has 3 nitrogen and oxygen atoms in total. The SMILES string of the molecule is CCCCCCCC/C=C\CCCCCCCCCCCCCCC(O)C(=O)O. The van der Waals surface area contributed by atoms with Gasteiger partial charge in [0.1, 0.15) is 0 Å². The van der Waals surface area contributed by atoms with Crippen LogP contribution in [0.4, 0.5) is 0 Å². The fourth-order valence-corrected chi connectivity index (χ4v) is 3.77. The van der Waals surface area contributed by atoms with E-state index in [2.05, 4.69) is 19.1 Å². The van der Waals surface area contributed by atoms with E-state index in [9.17, 15) is 9.90 Å². The molecule has 2 N–H and O–H groups in total. The Morgan fingerprint density at radius 1 is 0.621 bits per heavy atom. The summed E-state index contributed by atoms with van der Waals surface area (Å²) in [7, 11) is 0. The largest absolute Gasteiger partial charge is 0.479 e. The molecule has 0 aliphatic rings. The Hall–Kier alpha value is -0.830. The summed E-state index contributed by atoms with van der Waals surface area (Å²) >= 11 is 0. The van der Waals surface area contributed by atoms with Crippen molar-refractivity contribution in [2.24, 2.45) is 0 Å². The average molecular weight is 411 g/mol. The molecule has 0 aromatic heterocycles. The van der Waals surface area contributed by atoms with E-state index in [0.717, 1.165) is 12.8 Å². The smallest absolute Gasteiger partial charge is 0.332 e. The van der Waals surface area contributed by atoms with Crippen LogP contribution in [-0.2, 0) is 4.79 Å². The molecule has 0 aromatic rings. The monoisotopic (exact) mass is 410 g/mol. The van der Waals surface area contributed by atoms with Gasteiger partial charge in [-0.15, -0.1) is 0 Å². The summed E-state index contributed by atoms with van der Waals surface area (Å²) in [4.78, 5) is 10.5. The highest BCUT2D eigenvalue weighted by Crippen LogP contribution is 2.14. The first-order valence-electron chi connectivity index (χ1n) is 12.7. The maximum absolute atomic E-state index is 10.5. The van der Waals surface area contributed by atoms with Crippen LogP contribution in [0.5, 0.6) is 0 Å². The molecule has 1 unspecified atom stereocenters. The summed E-state index contributed by atoms with van der Waals surface area (Å²) in [6.45, 7) is 2.27. The summed E-state index contributed by atoms with van der Waals surface area (Å²) < 4.78 is 0. The van der Waals surface area contributed by atoms with Crippen molar-refractivity contribution in [1.29, 1.82) is 0 Å². The van der Waals surface area contributed by atoms with Crippen LogP contribution in [0.15, 0.2) is 12.2 Å². The zero-order valence-electron chi connectivity index (χ0n) is 19.4. The Labute approximate surface area is 181 Å². The van der Waals surface area contributed by atoms with Crippen molar-refractivity contribution in [3.63, 3.8) is 0 Å². The van der Waals surface area contributed by atoms with E-state index in [1.54, 1.807) is 0 Å². The lowest BCUT2D eigenvalue weighted by atomic mass is 10.0. The molecule has 0 amide bonds. The van der Waals surface area contributed by atoms with E-state index >= 15 is 0 Å². The van der Waals surface area contributed by atoms with Crippen molar-refractivity contribution >= 4 is 5.97 Å². The van der Waals surface area contributed by atoms with Gasteiger partial charge in [-0.1, -0.05) is 122 Å². The van der Waals surface area contributed by atoms with Crippen LogP contribution in [0.2, 0.25) is 0 Å². The van der Waals surface area contributed by atoms with E-state index in [1.807, 2.05) is 0 Å². The predicted octanol–water partition coefficient (Wildman–Crippen LogP) is 8.20. The van der Waals surface area contributed by atoms with Gasteiger partial charge in [0, 0.05) is 0 Å². The molecule has 0 aliphatic heterocycles. The van der Waals surface area contributed by atoms with Crippen LogP contribution in [0, 0.1) is 0 Å². The van der Waals surface area contributed by atoms with Crippen LogP contribution in [-0.4, -0.2) is 22.3 Å². The molecule has 0 bridgehead atoms. The van der Waals surface area contributed by atoms with Crippen LogP contribution in [0.3, 0.4) is 0 Å². The van der Waals surface area contributed by atoms with E-state index in [1.165, 1.54) is 116 Å². The molecule has 0 spiro atoms. The summed E-state index contributed by atoms with van der Waals surface area (Å²) in [6, 6.07) is 0. The van der Waals surface area contributed by atoms with Gasteiger partial charge >= 0.3 is 5.97 Å². The minimum atomic E-state index is -1.17. The third-order valence-corrected chi connectivity index (χ3v) is 5.77. The molecule has 0 fully saturated rings. The number of carbonyl (C=O) groups is 1. The summed E-state index contributed by atoms with van der Waals surface area (Å²) in [5, 5.41) is 17.8. The van der Waals surface area contributed by atoms with Crippen LogP contribution < -0.4 is 0 Å². The highest BCUT2D eigenvalue weighted by molar-refractivity contribution is 5.71. The quantitative estimate of drug-likeness (QED) is 0.132. The minimum absolute atomic E-state index is 0.393. The second-order valence-corrected chi connectivity index (χ2v) is 8.70.